The van der Waals surface area contributed by atoms with Crippen molar-refractivity contribution in [1.82, 2.24) is 0 Å². The molecule has 0 saturated heterocycles. The number of amidine groups is 1. The van der Waals surface area contributed by atoms with E-state index in [1.807, 2.05) is 62.4 Å². The molecule has 0 bridgehead atoms. The predicted molar refractivity (Wildman–Crippen MR) is 96.5 cm³/mol. The van der Waals surface area contributed by atoms with Gasteiger partial charge in [-0.2, -0.15) is 0 Å². The van der Waals surface area contributed by atoms with Crippen LogP contribution in [0.1, 0.15) is 38.3 Å². The number of allylic oxidation sites excluding steroid dienone is 1. The average Bonchev–Trinajstić information content (AvgIpc) is 2.55. The molecule has 0 radical (unpaired) electrons. The van der Waals surface area contributed by atoms with E-state index in [4.69, 9.17) is 4.99 Å². The number of hydrogen-bond acceptors (Lipinski definition) is 1. The van der Waals surface area contributed by atoms with Crippen molar-refractivity contribution < 1.29 is 0 Å². The lowest BCUT2D eigenvalue weighted by atomic mass is 10.1. The Balaban J connectivity index is 2.51. The summed E-state index contributed by atoms with van der Waals surface area (Å²) < 4.78 is 0. The number of aliphatic imine (C=N–C) groups is 2. The molecule has 0 heterocycles. The summed E-state index contributed by atoms with van der Waals surface area (Å²) in [5.74, 6) is 0.754. The zero-order valence-corrected chi connectivity index (χ0v) is 13.5. The van der Waals surface area contributed by atoms with E-state index in [-0.39, 0.29) is 0 Å². The van der Waals surface area contributed by atoms with Crippen molar-refractivity contribution in [3.63, 3.8) is 0 Å². The summed E-state index contributed by atoms with van der Waals surface area (Å²) in [4.78, 5) is 9.46. The topological polar surface area (TPSA) is 24.7 Å². The van der Waals surface area contributed by atoms with Crippen molar-refractivity contribution in [3.05, 3.63) is 77.9 Å². The molecular formula is C20H22N2. The van der Waals surface area contributed by atoms with Crippen LogP contribution in [0.5, 0.6) is 0 Å². The fraction of sp³-hybridized carbons (Fsp3) is 0.200. The molecule has 0 aliphatic heterocycles. The van der Waals surface area contributed by atoms with Crippen LogP contribution in [-0.4, -0.2) is 11.5 Å². The summed E-state index contributed by atoms with van der Waals surface area (Å²) >= 11 is 0. The van der Waals surface area contributed by atoms with Gasteiger partial charge in [0.15, 0.2) is 5.84 Å². The first kappa shape index (κ1) is 15.9. The lowest BCUT2D eigenvalue weighted by Gasteiger charge is -2.06. The molecular weight excluding hydrogens is 268 g/mol. The zero-order chi connectivity index (χ0) is 15.8. The Hall–Kier alpha value is -2.48. The maximum Gasteiger partial charge on any atom is 0.159 e. The molecule has 0 spiro atoms. The molecule has 2 heteroatoms. The molecule has 22 heavy (non-hydrogen) atoms. The average molecular weight is 290 g/mol. The van der Waals surface area contributed by atoms with Crippen LogP contribution in [0.4, 0.5) is 0 Å². The van der Waals surface area contributed by atoms with Crippen molar-refractivity contribution in [3.8, 4) is 0 Å². The molecule has 0 saturated carbocycles. The molecule has 0 aliphatic carbocycles. The lowest BCUT2D eigenvalue weighted by Crippen LogP contribution is -2.01. The first-order valence-electron chi connectivity index (χ1n) is 7.62. The highest BCUT2D eigenvalue weighted by Gasteiger charge is 2.05. The van der Waals surface area contributed by atoms with E-state index < -0.39 is 0 Å². The molecule has 2 aromatic carbocycles. The van der Waals surface area contributed by atoms with Crippen LogP contribution in [0.3, 0.4) is 0 Å². The van der Waals surface area contributed by atoms with Crippen LogP contribution in [0.25, 0.3) is 5.70 Å². The third-order valence-electron chi connectivity index (χ3n) is 3.05. The Morgan fingerprint density at radius 2 is 1.36 bits per heavy atom. The summed E-state index contributed by atoms with van der Waals surface area (Å²) in [5.41, 5.74) is 4.10. The number of benzene rings is 2. The highest BCUT2D eigenvalue weighted by Crippen LogP contribution is 2.18. The molecule has 2 rings (SSSR count). The minimum Gasteiger partial charge on any atom is -0.238 e. The highest BCUT2D eigenvalue weighted by atomic mass is 14.9. The van der Waals surface area contributed by atoms with E-state index in [9.17, 15) is 0 Å². The first-order chi connectivity index (χ1) is 10.7. The van der Waals surface area contributed by atoms with Crippen molar-refractivity contribution in [2.24, 2.45) is 9.98 Å². The summed E-state index contributed by atoms with van der Waals surface area (Å²) in [7, 11) is 0. The second-order valence-electron chi connectivity index (χ2n) is 5.22. The molecule has 0 N–H and O–H groups in total. The second kappa shape index (κ2) is 8.08. The first-order valence-corrected chi connectivity index (χ1v) is 7.62. The third kappa shape index (κ3) is 4.52. The second-order valence-corrected chi connectivity index (χ2v) is 5.22. The number of hydrogen-bond donors (Lipinski definition) is 0. The van der Waals surface area contributed by atoms with Gasteiger partial charge in [-0.3, -0.25) is 0 Å². The van der Waals surface area contributed by atoms with Crippen LogP contribution in [0, 0.1) is 0 Å². The Bertz CT molecular complexity index is 676. The van der Waals surface area contributed by atoms with Crippen molar-refractivity contribution in [2.75, 3.05) is 0 Å². The Kier molecular flexibility index (Phi) is 5.84. The van der Waals surface area contributed by atoms with Gasteiger partial charge in [-0.25, -0.2) is 9.98 Å². The third-order valence-corrected chi connectivity index (χ3v) is 3.05. The van der Waals surface area contributed by atoms with E-state index in [0.29, 0.717) is 0 Å². The van der Waals surface area contributed by atoms with Gasteiger partial charge in [-0.15, -0.1) is 0 Å². The van der Waals surface area contributed by atoms with Crippen LogP contribution in [0.15, 0.2) is 76.7 Å². The fourth-order valence-electron chi connectivity index (χ4n) is 2.10. The van der Waals surface area contributed by atoms with Gasteiger partial charge in [0.25, 0.3) is 0 Å². The molecule has 0 amide bonds. The van der Waals surface area contributed by atoms with E-state index in [0.717, 1.165) is 34.8 Å². The standard InChI is InChI=1S/C20H22N2/c1-4-11-19(17-12-7-5-8-13-17)22-20(21-16(2)3)18-14-9-6-10-15-18/h5-15H,4H2,1-3H3/b19-11+,22-20?. The van der Waals surface area contributed by atoms with E-state index in [2.05, 4.69) is 30.1 Å². The van der Waals surface area contributed by atoms with Gasteiger partial charge in [-0.05, 0) is 25.8 Å². The number of rotatable bonds is 4. The van der Waals surface area contributed by atoms with Gasteiger partial charge in [0.2, 0.25) is 0 Å². The Morgan fingerprint density at radius 1 is 0.818 bits per heavy atom. The number of nitrogens with zero attached hydrogens (tertiary/aromatic N) is 2. The van der Waals surface area contributed by atoms with Gasteiger partial charge < -0.3 is 0 Å². The molecule has 2 aromatic rings. The summed E-state index contributed by atoms with van der Waals surface area (Å²) in [6.07, 6.45) is 3.07. The Labute approximate surface area is 133 Å². The SMILES string of the molecule is CC/C=C(/N=C(N=C(C)C)c1ccccc1)c1ccccc1. The van der Waals surface area contributed by atoms with Crippen molar-refractivity contribution in [2.45, 2.75) is 27.2 Å². The zero-order valence-electron chi connectivity index (χ0n) is 13.5. The van der Waals surface area contributed by atoms with Gasteiger partial charge in [-0.1, -0.05) is 73.7 Å². The molecule has 0 aromatic heterocycles. The maximum absolute atomic E-state index is 4.84. The van der Waals surface area contributed by atoms with Gasteiger partial charge >= 0.3 is 0 Å². The largest absolute Gasteiger partial charge is 0.238 e. The molecule has 0 fully saturated rings. The molecule has 0 unspecified atom stereocenters. The van der Waals surface area contributed by atoms with Crippen molar-refractivity contribution in [1.29, 1.82) is 0 Å². The molecule has 112 valence electrons. The van der Waals surface area contributed by atoms with Crippen LogP contribution >= 0.6 is 0 Å². The van der Waals surface area contributed by atoms with Gasteiger partial charge in [0.1, 0.15) is 0 Å². The lowest BCUT2D eigenvalue weighted by molar-refractivity contribution is 1.21. The van der Waals surface area contributed by atoms with Gasteiger partial charge in [0.05, 0.1) is 5.70 Å². The quantitative estimate of drug-likeness (QED) is 0.534. The predicted octanol–water partition coefficient (Wildman–Crippen LogP) is 5.37. The van der Waals surface area contributed by atoms with Crippen LogP contribution in [0.2, 0.25) is 0 Å². The smallest absolute Gasteiger partial charge is 0.159 e. The van der Waals surface area contributed by atoms with Crippen LogP contribution < -0.4 is 0 Å². The minimum absolute atomic E-state index is 0.754. The maximum atomic E-state index is 4.84. The normalized spacial score (nSPS) is 12.1. The van der Waals surface area contributed by atoms with E-state index >= 15 is 0 Å². The van der Waals surface area contributed by atoms with Gasteiger partial charge in [0, 0.05) is 11.3 Å². The molecule has 2 nitrogen and oxygen atoms in total. The fourth-order valence-corrected chi connectivity index (χ4v) is 2.10. The molecule has 0 aliphatic rings. The highest BCUT2D eigenvalue weighted by molar-refractivity contribution is 6.08. The Morgan fingerprint density at radius 3 is 1.86 bits per heavy atom. The van der Waals surface area contributed by atoms with Crippen molar-refractivity contribution >= 4 is 17.2 Å². The monoisotopic (exact) mass is 290 g/mol. The van der Waals surface area contributed by atoms with E-state index in [1.165, 1.54) is 0 Å². The minimum atomic E-state index is 0.754. The summed E-state index contributed by atoms with van der Waals surface area (Å²) in [6, 6.07) is 20.3. The van der Waals surface area contributed by atoms with Crippen LogP contribution in [-0.2, 0) is 0 Å². The summed E-state index contributed by atoms with van der Waals surface area (Å²) in [5, 5.41) is 0. The summed E-state index contributed by atoms with van der Waals surface area (Å²) in [6.45, 7) is 6.10. The molecule has 0 atom stereocenters. The van der Waals surface area contributed by atoms with E-state index in [1.54, 1.807) is 0 Å².